The number of aromatic nitrogens is 1. The van der Waals surface area contributed by atoms with E-state index in [-0.39, 0.29) is 35.5 Å². The van der Waals surface area contributed by atoms with Crippen LogP contribution < -0.4 is 11.3 Å². The van der Waals surface area contributed by atoms with Gasteiger partial charge in [-0.1, -0.05) is 48.9 Å². The Kier molecular flexibility index (Phi) is 7.31. The molecule has 0 aliphatic rings. The molecule has 0 bridgehead atoms. The van der Waals surface area contributed by atoms with Crippen molar-refractivity contribution in [2.45, 2.75) is 38.5 Å². The third-order valence-electron chi connectivity index (χ3n) is 5.90. The topological polar surface area (TPSA) is 82.2 Å². The summed E-state index contributed by atoms with van der Waals surface area (Å²) in [6.45, 7) is 3.90. The van der Waals surface area contributed by atoms with Crippen molar-refractivity contribution in [3.05, 3.63) is 104 Å². The van der Waals surface area contributed by atoms with Crippen LogP contribution in [0.25, 0.3) is 0 Å². The molecule has 2 atom stereocenters. The van der Waals surface area contributed by atoms with Crippen molar-refractivity contribution < 1.29 is 9.59 Å². The summed E-state index contributed by atoms with van der Waals surface area (Å²) in [5.41, 5.74) is 9.66. The Morgan fingerprint density at radius 1 is 1.03 bits per heavy atom. The van der Waals surface area contributed by atoms with Crippen LogP contribution in [0.2, 0.25) is 5.02 Å². The number of rotatable bonds is 8. The quantitative estimate of drug-likeness (QED) is 0.503. The highest BCUT2D eigenvalue weighted by atomic mass is 35.5. The normalized spacial score (nSPS) is 12.9. The van der Waals surface area contributed by atoms with Crippen molar-refractivity contribution in [2.24, 2.45) is 12.8 Å². The van der Waals surface area contributed by atoms with E-state index in [1.807, 2.05) is 56.3 Å². The average Bonchev–Trinajstić information content (AvgIpc) is 2.75. The minimum absolute atomic E-state index is 0.0624. The first kappa shape index (κ1) is 23.5. The largest absolute Gasteiger partial charge is 0.369 e. The number of Topliss-reactive ketones (excluding diaryl/α,β-unsaturated/α-hetero) is 1. The molecule has 1 amide bonds. The molecule has 2 N–H and O–H groups in total. The summed E-state index contributed by atoms with van der Waals surface area (Å²) in [5, 5.41) is 0.636. The van der Waals surface area contributed by atoms with Gasteiger partial charge in [-0.3, -0.25) is 14.4 Å². The molecule has 0 radical (unpaired) electrons. The zero-order chi connectivity index (χ0) is 23.4. The Labute approximate surface area is 192 Å². The Morgan fingerprint density at radius 3 is 2.25 bits per heavy atom. The molecule has 2 unspecified atom stereocenters. The number of ketones is 1. The highest BCUT2D eigenvalue weighted by Crippen LogP contribution is 2.34. The summed E-state index contributed by atoms with van der Waals surface area (Å²) in [6, 6.07) is 16.3. The van der Waals surface area contributed by atoms with Gasteiger partial charge in [-0.05, 0) is 53.8 Å². The van der Waals surface area contributed by atoms with Gasteiger partial charge < -0.3 is 10.3 Å². The molecule has 6 heteroatoms. The number of nitrogens with two attached hydrogens (primary N) is 1. The van der Waals surface area contributed by atoms with Crippen LogP contribution in [0.4, 0.5) is 0 Å². The lowest BCUT2D eigenvalue weighted by atomic mass is 9.83. The Morgan fingerprint density at radius 2 is 1.69 bits per heavy atom. The SMILES string of the molecule is CCC(C(N)=O)c1ccc(C(CC(=O)c2ccc(=O)n(C)c2)c2ccc(Cl)cc2C)cc1. The van der Waals surface area contributed by atoms with Gasteiger partial charge in [0.05, 0.1) is 5.92 Å². The molecule has 0 fully saturated rings. The second kappa shape index (κ2) is 9.96. The lowest BCUT2D eigenvalue weighted by molar-refractivity contribution is -0.119. The van der Waals surface area contributed by atoms with Gasteiger partial charge in [-0.25, -0.2) is 0 Å². The summed E-state index contributed by atoms with van der Waals surface area (Å²) >= 11 is 6.16. The standard InChI is InChI=1S/C26H27ClN2O3/c1-4-21(26(28)32)17-5-7-18(8-6-17)23(22-11-10-20(27)13-16(22)2)14-24(30)19-9-12-25(31)29(3)15-19/h5-13,15,21,23H,4,14H2,1-3H3,(H2,28,32). The monoisotopic (exact) mass is 450 g/mol. The molecule has 3 aromatic rings. The van der Waals surface area contributed by atoms with Crippen molar-refractivity contribution in [3.63, 3.8) is 0 Å². The minimum atomic E-state index is -0.352. The number of hydrogen-bond acceptors (Lipinski definition) is 3. The number of benzene rings is 2. The fraction of sp³-hybridized carbons (Fsp3) is 0.269. The van der Waals surface area contributed by atoms with E-state index in [0.717, 1.165) is 22.3 Å². The molecule has 0 saturated heterocycles. The zero-order valence-electron chi connectivity index (χ0n) is 18.5. The van der Waals surface area contributed by atoms with E-state index in [2.05, 4.69) is 0 Å². The van der Waals surface area contributed by atoms with E-state index in [1.54, 1.807) is 19.3 Å². The van der Waals surface area contributed by atoms with E-state index in [0.29, 0.717) is 17.0 Å². The summed E-state index contributed by atoms with van der Waals surface area (Å²) in [6.07, 6.45) is 2.42. The first-order valence-electron chi connectivity index (χ1n) is 10.6. The van der Waals surface area contributed by atoms with Crippen molar-refractivity contribution in [1.29, 1.82) is 0 Å². The number of amides is 1. The molecule has 0 saturated carbocycles. The van der Waals surface area contributed by atoms with Crippen molar-refractivity contribution >= 4 is 23.3 Å². The Hall–Kier alpha value is -3.18. The zero-order valence-corrected chi connectivity index (χ0v) is 19.2. The first-order chi connectivity index (χ1) is 15.2. The highest BCUT2D eigenvalue weighted by Gasteiger charge is 2.23. The molecule has 166 valence electrons. The van der Waals surface area contributed by atoms with Gasteiger partial charge in [-0.15, -0.1) is 0 Å². The van der Waals surface area contributed by atoms with Gasteiger partial charge in [-0.2, -0.15) is 0 Å². The lowest BCUT2D eigenvalue weighted by Crippen LogP contribution is -2.20. The molecule has 3 rings (SSSR count). The number of nitrogens with zero attached hydrogens (tertiary/aromatic N) is 1. The maximum absolute atomic E-state index is 13.2. The van der Waals surface area contributed by atoms with E-state index < -0.39 is 0 Å². The molecular weight excluding hydrogens is 424 g/mol. The van der Waals surface area contributed by atoms with Crippen molar-refractivity contribution in [3.8, 4) is 0 Å². The molecule has 1 heterocycles. The fourth-order valence-electron chi connectivity index (χ4n) is 4.06. The van der Waals surface area contributed by atoms with E-state index in [9.17, 15) is 14.4 Å². The van der Waals surface area contributed by atoms with E-state index >= 15 is 0 Å². The van der Waals surface area contributed by atoms with Crippen LogP contribution in [0.1, 0.15) is 64.2 Å². The molecule has 32 heavy (non-hydrogen) atoms. The second-order valence-corrected chi connectivity index (χ2v) is 8.51. The maximum Gasteiger partial charge on any atom is 0.250 e. The van der Waals surface area contributed by atoms with Gasteiger partial charge in [0.2, 0.25) is 11.5 Å². The van der Waals surface area contributed by atoms with Gasteiger partial charge in [0.1, 0.15) is 0 Å². The van der Waals surface area contributed by atoms with Crippen LogP contribution in [0.5, 0.6) is 0 Å². The predicted octanol–water partition coefficient (Wildman–Crippen LogP) is 4.73. The smallest absolute Gasteiger partial charge is 0.250 e. The van der Waals surface area contributed by atoms with Crippen molar-refractivity contribution in [2.75, 3.05) is 0 Å². The summed E-state index contributed by atoms with van der Waals surface area (Å²) in [5.74, 6) is -0.963. The average molecular weight is 451 g/mol. The number of pyridine rings is 1. The predicted molar refractivity (Wildman–Crippen MR) is 127 cm³/mol. The van der Waals surface area contributed by atoms with Crippen LogP contribution in [0.15, 0.2) is 65.6 Å². The number of primary amides is 1. The molecule has 0 aliphatic heterocycles. The van der Waals surface area contributed by atoms with Gasteiger partial charge in [0, 0.05) is 42.2 Å². The van der Waals surface area contributed by atoms with Gasteiger partial charge in [0.15, 0.2) is 5.78 Å². The number of halogens is 1. The molecule has 2 aromatic carbocycles. The summed E-state index contributed by atoms with van der Waals surface area (Å²) in [4.78, 5) is 36.6. The molecule has 0 aliphatic carbocycles. The second-order valence-electron chi connectivity index (χ2n) is 8.08. The van der Waals surface area contributed by atoms with Crippen LogP contribution in [0, 0.1) is 6.92 Å². The third-order valence-corrected chi connectivity index (χ3v) is 6.13. The van der Waals surface area contributed by atoms with Crippen LogP contribution in [-0.2, 0) is 11.8 Å². The Bertz CT molecular complexity index is 1200. The molecule has 5 nitrogen and oxygen atoms in total. The van der Waals surface area contributed by atoms with E-state index in [4.69, 9.17) is 17.3 Å². The van der Waals surface area contributed by atoms with Crippen LogP contribution in [-0.4, -0.2) is 16.3 Å². The van der Waals surface area contributed by atoms with E-state index in [1.165, 1.54) is 10.6 Å². The summed E-state index contributed by atoms with van der Waals surface area (Å²) < 4.78 is 1.40. The highest BCUT2D eigenvalue weighted by molar-refractivity contribution is 6.30. The fourth-order valence-corrected chi connectivity index (χ4v) is 4.29. The third kappa shape index (κ3) is 5.17. The number of aryl methyl sites for hydroxylation is 2. The molecule has 0 spiro atoms. The first-order valence-corrected chi connectivity index (χ1v) is 10.9. The summed E-state index contributed by atoms with van der Waals surface area (Å²) in [7, 11) is 1.63. The maximum atomic E-state index is 13.2. The molecular formula is C26H27ClN2O3. The van der Waals surface area contributed by atoms with Crippen LogP contribution in [0.3, 0.4) is 0 Å². The molecule has 1 aromatic heterocycles. The number of carbonyl (C=O) groups is 2. The minimum Gasteiger partial charge on any atom is -0.369 e. The number of hydrogen-bond donors (Lipinski definition) is 1. The van der Waals surface area contributed by atoms with Gasteiger partial charge >= 0.3 is 0 Å². The Balaban J connectivity index is 2.01. The van der Waals surface area contributed by atoms with Crippen molar-refractivity contribution in [1.82, 2.24) is 4.57 Å². The van der Waals surface area contributed by atoms with Crippen LogP contribution >= 0.6 is 11.6 Å². The van der Waals surface area contributed by atoms with Gasteiger partial charge in [0.25, 0.3) is 0 Å². The number of carbonyl (C=O) groups excluding carboxylic acids is 2. The lowest BCUT2D eigenvalue weighted by Gasteiger charge is -2.21.